The summed E-state index contributed by atoms with van der Waals surface area (Å²) in [7, 11) is 1.93. The topological polar surface area (TPSA) is 57.6 Å². The van der Waals surface area contributed by atoms with Crippen LogP contribution in [-0.2, 0) is 18.4 Å². The normalized spacial score (nSPS) is 10.7. The maximum absolute atomic E-state index is 13.9. The summed E-state index contributed by atoms with van der Waals surface area (Å²) in [5.41, 5.74) is 1.08. The third-order valence-electron chi connectivity index (χ3n) is 4.42. The standard InChI is InChI=1S/C22H29FN4O2/c1-5-12-26(22(29)24-20-11-7-6-10-19(20)23)16-21(28)27(14-17(2)3)15-18-9-8-13-25(18)4/h5-11,13,17H,1,12,14-16H2,2-4H3,(H,24,29). The number of aromatic nitrogens is 1. The van der Waals surface area contributed by atoms with Gasteiger partial charge in [-0.25, -0.2) is 9.18 Å². The zero-order valence-electron chi connectivity index (χ0n) is 17.3. The molecular weight excluding hydrogens is 371 g/mol. The first-order valence-corrected chi connectivity index (χ1v) is 9.61. The highest BCUT2D eigenvalue weighted by Gasteiger charge is 2.22. The highest BCUT2D eigenvalue weighted by atomic mass is 19.1. The van der Waals surface area contributed by atoms with E-state index in [1.54, 1.807) is 17.0 Å². The quantitative estimate of drug-likeness (QED) is 0.650. The number of carbonyl (C=O) groups is 2. The lowest BCUT2D eigenvalue weighted by Gasteiger charge is -2.28. The van der Waals surface area contributed by atoms with Crippen molar-refractivity contribution in [1.29, 1.82) is 0 Å². The molecular formula is C22H29FN4O2. The lowest BCUT2D eigenvalue weighted by Crippen LogP contribution is -2.45. The van der Waals surface area contributed by atoms with E-state index in [4.69, 9.17) is 0 Å². The summed E-state index contributed by atoms with van der Waals surface area (Å²) >= 11 is 0. The van der Waals surface area contributed by atoms with E-state index in [2.05, 4.69) is 11.9 Å². The number of halogens is 1. The van der Waals surface area contributed by atoms with E-state index in [-0.39, 0.29) is 30.6 Å². The molecule has 0 bridgehead atoms. The van der Waals surface area contributed by atoms with Crippen LogP contribution in [0.5, 0.6) is 0 Å². The molecule has 0 aliphatic carbocycles. The second kappa shape index (κ2) is 10.5. The Balaban J connectivity index is 2.11. The molecule has 0 aliphatic heterocycles. The molecule has 0 saturated heterocycles. The highest BCUT2D eigenvalue weighted by Crippen LogP contribution is 2.14. The summed E-state index contributed by atoms with van der Waals surface area (Å²) in [6, 6.07) is 9.26. The Labute approximate surface area is 171 Å². The van der Waals surface area contributed by atoms with Crippen LogP contribution in [0.1, 0.15) is 19.5 Å². The summed E-state index contributed by atoms with van der Waals surface area (Å²) in [6.07, 6.45) is 3.47. The van der Waals surface area contributed by atoms with Gasteiger partial charge >= 0.3 is 6.03 Å². The minimum atomic E-state index is -0.549. The van der Waals surface area contributed by atoms with Gasteiger partial charge in [-0.05, 0) is 30.2 Å². The number of nitrogens with zero attached hydrogens (tertiary/aromatic N) is 3. The minimum Gasteiger partial charge on any atom is -0.353 e. The van der Waals surface area contributed by atoms with Crippen LogP contribution in [0, 0.1) is 11.7 Å². The second-order valence-corrected chi connectivity index (χ2v) is 7.36. The van der Waals surface area contributed by atoms with Gasteiger partial charge in [-0.1, -0.05) is 32.1 Å². The molecule has 1 aromatic carbocycles. The Bertz CT molecular complexity index is 847. The van der Waals surface area contributed by atoms with Gasteiger partial charge in [0.15, 0.2) is 0 Å². The number of benzene rings is 1. The van der Waals surface area contributed by atoms with E-state index in [1.807, 2.05) is 43.8 Å². The summed E-state index contributed by atoms with van der Waals surface area (Å²) in [6.45, 7) is 8.81. The number of para-hydroxylation sites is 1. The number of hydrogen-bond donors (Lipinski definition) is 1. The van der Waals surface area contributed by atoms with E-state index >= 15 is 0 Å². The number of anilines is 1. The van der Waals surface area contributed by atoms with Crippen LogP contribution in [0.3, 0.4) is 0 Å². The monoisotopic (exact) mass is 400 g/mol. The number of urea groups is 1. The third kappa shape index (κ3) is 6.48. The van der Waals surface area contributed by atoms with Crippen LogP contribution >= 0.6 is 0 Å². The highest BCUT2D eigenvalue weighted by molar-refractivity contribution is 5.92. The number of nitrogens with one attached hydrogen (secondary N) is 1. The maximum Gasteiger partial charge on any atom is 0.322 e. The van der Waals surface area contributed by atoms with E-state index in [0.717, 1.165) is 5.69 Å². The lowest BCUT2D eigenvalue weighted by atomic mass is 10.2. The predicted octanol–water partition coefficient (Wildman–Crippen LogP) is 3.87. The van der Waals surface area contributed by atoms with Crippen molar-refractivity contribution in [1.82, 2.24) is 14.4 Å². The van der Waals surface area contributed by atoms with Crippen LogP contribution in [0.25, 0.3) is 0 Å². The predicted molar refractivity (Wildman–Crippen MR) is 113 cm³/mol. The van der Waals surface area contributed by atoms with Crippen molar-refractivity contribution in [2.75, 3.05) is 25.0 Å². The van der Waals surface area contributed by atoms with Crippen LogP contribution < -0.4 is 5.32 Å². The number of amides is 3. The zero-order valence-corrected chi connectivity index (χ0v) is 17.3. The van der Waals surface area contributed by atoms with Crippen LogP contribution in [0.15, 0.2) is 55.3 Å². The lowest BCUT2D eigenvalue weighted by molar-refractivity contribution is -0.132. The van der Waals surface area contributed by atoms with Gasteiger partial charge in [0.2, 0.25) is 5.91 Å². The molecule has 2 rings (SSSR count). The number of rotatable bonds is 9. The molecule has 2 aromatic rings. The van der Waals surface area contributed by atoms with E-state index in [1.165, 1.54) is 23.1 Å². The average molecular weight is 400 g/mol. The molecule has 0 spiro atoms. The van der Waals surface area contributed by atoms with Crippen molar-refractivity contribution in [3.63, 3.8) is 0 Å². The first-order chi connectivity index (χ1) is 13.8. The number of carbonyl (C=O) groups excluding carboxylic acids is 2. The fourth-order valence-corrected chi connectivity index (χ4v) is 2.95. The van der Waals surface area contributed by atoms with Gasteiger partial charge in [0.1, 0.15) is 12.4 Å². The summed E-state index contributed by atoms with van der Waals surface area (Å²) < 4.78 is 15.8. The Hall–Kier alpha value is -3.09. The van der Waals surface area contributed by atoms with Crippen LogP contribution in [0.2, 0.25) is 0 Å². The van der Waals surface area contributed by atoms with Gasteiger partial charge in [0.25, 0.3) is 0 Å². The van der Waals surface area contributed by atoms with E-state index in [9.17, 15) is 14.0 Å². The second-order valence-electron chi connectivity index (χ2n) is 7.36. The molecule has 0 radical (unpaired) electrons. The fourth-order valence-electron chi connectivity index (χ4n) is 2.95. The molecule has 1 aromatic heterocycles. The first kappa shape index (κ1) is 22.2. The fraction of sp³-hybridized carbons (Fsp3) is 0.364. The first-order valence-electron chi connectivity index (χ1n) is 9.61. The largest absolute Gasteiger partial charge is 0.353 e. The summed E-state index contributed by atoms with van der Waals surface area (Å²) in [5.74, 6) is -0.430. The van der Waals surface area contributed by atoms with Crippen molar-refractivity contribution < 1.29 is 14.0 Å². The average Bonchev–Trinajstić information content (AvgIpc) is 3.07. The summed E-state index contributed by atoms with van der Waals surface area (Å²) in [5, 5.41) is 2.52. The Kier molecular flexibility index (Phi) is 8.00. The van der Waals surface area contributed by atoms with Gasteiger partial charge in [0.05, 0.1) is 12.2 Å². The zero-order chi connectivity index (χ0) is 21.4. The number of hydrogen-bond acceptors (Lipinski definition) is 2. The van der Waals surface area contributed by atoms with Crippen molar-refractivity contribution in [3.8, 4) is 0 Å². The van der Waals surface area contributed by atoms with Gasteiger partial charge in [-0.15, -0.1) is 6.58 Å². The van der Waals surface area contributed by atoms with Crippen LogP contribution in [0.4, 0.5) is 14.9 Å². The molecule has 3 amide bonds. The Morgan fingerprint density at radius 1 is 1.21 bits per heavy atom. The molecule has 0 unspecified atom stereocenters. The van der Waals surface area contributed by atoms with Gasteiger partial charge in [-0.2, -0.15) is 0 Å². The van der Waals surface area contributed by atoms with Gasteiger partial charge in [0, 0.05) is 32.0 Å². The van der Waals surface area contributed by atoms with E-state index in [0.29, 0.717) is 13.1 Å². The maximum atomic E-state index is 13.9. The van der Waals surface area contributed by atoms with Crippen molar-refractivity contribution in [2.45, 2.75) is 20.4 Å². The molecule has 0 atom stereocenters. The molecule has 156 valence electrons. The third-order valence-corrected chi connectivity index (χ3v) is 4.42. The molecule has 0 fully saturated rings. The molecule has 6 nitrogen and oxygen atoms in total. The van der Waals surface area contributed by atoms with Crippen molar-refractivity contribution in [2.24, 2.45) is 13.0 Å². The Morgan fingerprint density at radius 2 is 1.93 bits per heavy atom. The molecule has 1 N–H and O–H groups in total. The molecule has 7 heteroatoms. The SMILES string of the molecule is C=CCN(CC(=O)N(Cc1cccn1C)CC(C)C)C(=O)Nc1ccccc1F. The summed E-state index contributed by atoms with van der Waals surface area (Å²) in [4.78, 5) is 28.7. The molecule has 0 aliphatic rings. The van der Waals surface area contributed by atoms with Crippen molar-refractivity contribution in [3.05, 3.63) is 66.8 Å². The minimum absolute atomic E-state index is 0.0712. The Morgan fingerprint density at radius 3 is 2.52 bits per heavy atom. The molecule has 0 saturated carbocycles. The van der Waals surface area contributed by atoms with E-state index < -0.39 is 11.8 Å². The van der Waals surface area contributed by atoms with Gasteiger partial charge in [-0.3, -0.25) is 4.79 Å². The van der Waals surface area contributed by atoms with Crippen molar-refractivity contribution >= 4 is 17.6 Å². The number of aryl methyl sites for hydroxylation is 1. The van der Waals surface area contributed by atoms with Gasteiger partial charge < -0.3 is 19.7 Å². The molecule has 29 heavy (non-hydrogen) atoms. The molecule has 1 heterocycles. The van der Waals surface area contributed by atoms with Crippen LogP contribution in [-0.4, -0.2) is 45.9 Å². The smallest absolute Gasteiger partial charge is 0.322 e.